The second-order valence-corrected chi connectivity index (χ2v) is 9.75. The average molecular weight is 337 g/mol. The van der Waals surface area contributed by atoms with Gasteiger partial charge in [0.2, 0.25) is 6.10 Å². The van der Waals surface area contributed by atoms with Crippen molar-refractivity contribution in [1.82, 2.24) is 0 Å². The number of carbonyl (C=O) groups excluding carboxylic acids is 1. The highest BCUT2D eigenvalue weighted by atomic mass is 28.3. The van der Waals surface area contributed by atoms with E-state index in [1.165, 1.54) is 0 Å². The molecular formula is C17H27NO4Si. The Balaban J connectivity index is 2.24. The van der Waals surface area contributed by atoms with Gasteiger partial charge in [0.25, 0.3) is 5.91 Å². The Hall–Kier alpha value is -1.53. The van der Waals surface area contributed by atoms with Crippen LogP contribution in [0.15, 0.2) is 18.2 Å². The van der Waals surface area contributed by atoms with Gasteiger partial charge in [0.05, 0.1) is 18.9 Å². The van der Waals surface area contributed by atoms with Gasteiger partial charge in [-0.05, 0) is 37.1 Å². The lowest BCUT2D eigenvalue weighted by Gasteiger charge is -2.35. The third-order valence-corrected chi connectivity index (χ3v) is 4.45. The van der Waals surface area contributed by atoms with Crippen molar-refractivity contribution >= 4 is 20.6 Å². The van der Waals surface area contributed by atoms with Crippen molar-refractivity contribution in [2.45, 2.75) is 52.5 Å². The maximum Gasteiger partial charge on any atom is 0.268 e. The summed E-state index contributed by atoms with van der Waals surface area (Å²) in [5.41, 5.74) is 0.694. The van der Waals surface area contributed by atoms with Crippen LogP contribution in [0.4, 0.5) is 5.69 Å². The molecule has 23 heavy (non-hydrogen) atoms. The Bertz CT molecular complexity index is 568. The molecule has 1 N–H and O–H groups in total. The Morgan fingerprint density at radius 3 is 2.61 bits per heavy atom. The second kappa shape index (κ2) is 6.92. The van der Waals surface area contributed by atoms with Crippen LogP contribution < -0.4 is 14.8 Å². The van der Waals surface area contributed by atoms with E-state index in [9.17, 15) is 4.79 Å². The summed E-state index contributed by atoms with van der Waals surface area (Å²) in [4.78, 5) is 12.5. The van der Waals surface area contributed by atoms with E-state index in [0.717, 1.165) is 6.42 Å². The van der Waals surface area contributed by atoms with E-state index in [1.54, 1.807) is 13.2 Å². The van der Waals surface area contributed by atoms with E-state index in [0.29, 0.717) is 17.2 Å². The lowest BCUT2D eigenvalue weighted by molar-refractivity contribution is -0.128. The van der Waals surface area contributed by atoms with Crippen molar-refractivity contribution < 1.29 is 18.7 Å². The van der Waals surface area contributed by atoms with Gasteiger partial charge in [0.15, 0.2) is 9.04 Å². The molecule has 0 saturated carbocycles. The maximum atomic E-state index is 12.5. The molecule has 0 aromatic heterocycles. The molecule has 0 aliphatic carbocycles. The predicted molar refractivity (Wildman–Crippen MR) is 93.9 cm³/mol. The Morgan fingerprint density at radius 1 is 1.35 bits per heavy atom. The topological polar surface area (TPSA) is 56.8 Å². The van der Waals surface area contributed by atoms with Crippen molar-refractivity contribution in [2.24, 2.45) is 5.41 Å². The van der Waals surface area contributed by atoms with Crippen LogP contribution in [0, 0.1) is 5.41 Å². The summed E-state index contributed by atoms with van der Waals surface area (Å²) >= 11 is 0. The fraction of sp³-hybridized carbons (Fsp3) is 0.588. The van der Waals surface area contributed by atoms with E-state index in [1.807, 2.05) is 12.1 Å². The van der Waals surface area contributed by atoms with Crippen molar-refractivity contribution in [3.63, 3.8) is 0 Å². The summed E-state index contributed by atoms with van der Waals surface area (Å²) in [6, 6.07) is 5.41. The number of nitrogens with one attached hydrogen (secondary N) is 1. The molecule has 1 heterocycles. The van der Waals surface area contributed by atoms with Gasteiger partial charge < -0.3 is 19.2 Å². The molecule has 1 amide bonds. The first-order valence-corrected chi connectivity index (χ1v) is 10.8. The van der Waals surface area contributed by atoms with E-state index in [2.05, 4.69) is 39.2 Å². The summed E-state index contributed by atoms with van der Waals surface area (Å²) in [6.07, 6.45) is -0.0937. The predicted octanol–water partition coefficient (Wildman–Crippen LogP) is 3.20. The number of rotatable bonds is 5. The molecule has 128 valence electrons. The Kier molecular flexibility index (Phi) is 5.36. The quantitative estimate of drug-likeness (QED) is 0.838. The van der Waals surface area contributed by atoms with Crippen LogP contribution in [0.5, 0.6) is 11.5 Å². The zero-order chi connectivity index (χ0) is 17.2. The van der Waals surface area contributed by atoms with Gasteiger partial charge in [-0.25, -0.2) is 0 Å². The molecule has 1 aliphatic rings. The molecule has 0 fully saturated rings. The minimum Gasteiger partial charge on any atom is -0.497 e. The highest BCUT2D eigenvalue weighted by molar-refractivity contribution is 6.48. The Morgan fingerprint density at radius 2 is 2.04 bits per heavy atom. The number of fused-ring (bicyclic) bond motifs is 1. The minimum atomic E-state index is -1.30. The summed E-state index contributed by atoms with van der Waals surface area (Å²) in [5, 5.41) is 2.92. The molecule has 0 radical (unpaired) electrons. The highest BCUT2D eigenvalue weighted by Gasteiger charge is 2.38. The molecule has 5 nitrogen and oxygen atoms in total. The van der Waals surface area contributed by atoms with E-state index < -0.39 is 15.1 Å². The molecule has 6 heteroatoms. The number of hydrogen-bond acceptors (Lipinski definition) is 4. The molecule has 2 unspecified atom stereocenters. The largest absolute Gasteiger partial charge is 0.497 e. The number of benzene rings is 1. The summed E-state index contributed by atoms with van der Waals surface area (Å²) in [5.74, 6) is 1.18. The number of anilines is 1. The van der Waals surface area contributed by atoms with Gasteiger partial charge in [-0.3, -0.25) is 4.79 Å². The lowest BCUT2D eigenvalue weighted by Crippen LogP contribution is -2.49. The van der Waals surface area contributed by atoms with Gasteiger partial charge in [-0.2, -0.15) is 0 Å². The van der Waals surface area contributed by atoms with Crippen molar-refractivity contribution in [3.05, 3.63) is 18.2 Å². The first-order chi connectivity index (χ1) is 10.7. The zero-order valence-corrected chi connectivity index (χ0v) is 16.0. The number of methoxy groups -OCH3 is 1. The molecule has 0 bridgehead atoms. The fourth-order valence-corrected chi connectivity index (χ4v) is 3.59. The second-order valence-electron chi connectivity index (χ2n) is 7.38. The van der Waals surface area contributed by atoms with Crippen LogP contribution in [0.1, 0.15) is 27.2 Å². The zero-order valence-electron chi connectivity index (χ0n) is 14.8. The maximum absolute atomic E-state index is 12.5. The van der Waals surface area contributed by atoms with Gasteiger partial charge in [0.1, 0.15) is 11.5 Å². The summed E-state index contributed by atoms with van der Waals surface area (Å²) in [7, 11) is 0.298. The van der Waals surface area contributed by atoms with E-state index in [-0.39, 0.29) is 17.4 Å². The third-order valence-electron chi connectivity index (χ3n) is 3.56. The number of hydrogen-bond donors (Lipinski definition) is 1. The number of carbonyl (C=O) groups is 1. The standard InChI is InChI=1S/C17H27NO4Si/c1-17(2,3)10-14(22-23(5)6)15-16(19)18-12-9-11(20-4)7-8-13(12)21-15/h7-9,14-15,23H,10H2,1-6H3,(H,18,19). The van der Waals surface area contributed by atoms with Crippen LogP contribution in [0.25, 0.3) is 0 Å². The molecule has 0 spiro atoms. The third kappa shape index (κ3) is 4.72. The van der Waals surface area contributed by atoms with Gasteiger partial charge in [0, 0.05) is 6.07 Å². The highest BCUT2D eigenvalue weighted by Crippen LogP contribution is 2.35. The molecule has 1 aliphatic heterocycles. The Labute approximate surface area is 140 Å². The number of amides is 1. The summed E-state index contributed by atoms with van der Waals surface area (Å²) < 4.78 is 17.3. The monoisotopic (exact) mass is 337 g/mol. The molecule has 2 rings (SSSR count). The normalized spacial score (nSPS) is 18.9. The number of ether oxygens (including phenoxy) is 2. The van der Waals surface area contributed by atoms with E-state index in [4.69, 9.17) is 13.9 Å². The summed E-state index contributed by atoms with van der Waals surface area (Å²) in [6.45, 7) is 10.6. The molecule has 0 saturated heterocycles. The van der Waals surface area contributed by atoms with Crippen LogP contribution in [0.3, 0.4) is 0 Å². The van der Waals surface area contributed by atoms with Crippen LogP contribution >= 0.6 is 0 Å². The van der Waals surface area contributed by atoms with Crippen LogP contribution in [-0.4, -0.2) is 34.3 Å². The molecular weight excluding hydrogens is 310 g/mol. The smallest absolute Gasteiger partial charge is 0.268 e. The van der Waals surface area contributed by atoms with Crippen molar-refractivity contribution in [3.8, 4) is 11.5 Å². The van der Waals surface area contributed by atoms with Crippen LogP contribution in [-0.2, 0) is 9.22 Å². The fourth-order valence-electron chi connectivity index (χ4n) is 2.66. The SMILES string of the molecule is COc1ccc2c(c1)NC(=O)C(C(CC(C)(C)C)O[SiH](C)C)O2. The molecule has 2 atom stereocenters. The first kappa shape index (κ1) is 17.8. The van der Waals surface area contributed by atoms with Gasteiger partial charge in [-0.1, -0.05) is 20.8 Å². The van der Waals surface area contributed by atoms with Crippen molar-refractivity contribution in [1.29, 1.82) is 0 Å². The molecule has 1 aromatic rings. The van der Waals surface area contributed by atoms with Crippen LogP contribution in [0.2, 0.25) is 13.1 Å². The van der Waals surface area contributed by atoms with E-state index >= 15 is 0 Å². The van der Waals surface area contributed by atoms with Gasteiger partial charge in [-0.15, -0.1) is 0 Å². The first-order valence-electron chi connectivity index (χ1n) is 8.00. The molecule has 1 aromatic carbocycles. The van der Waals surface area contributed by atoms with Gasteiger partial charge >= 0.3 is 0 Å². The minimum absolute atomic E-state index is 0.0534. The lowest BCUT2D eigenvalue weighted by atomic mass is 9.87. The average Bonchev–Trinajstić information content (AvgIpc) is 2.43. The van der Waals surface area contributed by atoms with Crippen molar-refractivity contribution in [2.75, 3.05) is 12.4 Å².